The largest absolute Gasteiger partial charge is 0.506 e. The average molecular weight is 364 g/mol. The first-order chi connectivity index (χ1) is 10.3. The molecule has 0 aromatic heterocycles. The molecule has 2 aromatic rings. The Hall–Kier alpha value is -1.49. The predicted octanol–water partition coefficient (Wildman–Crippen LogP) is 5.35. The molecule has 4 nitrogen and oxygen atoms in total. The van der Waals surface area contributed by atoms with Gasteiger partial charge in [-0.15, -0.1) is 0 Å². The van der Waals surface area contributed by atoms with Gasteiger partial charge in [-0.05, 0) is 31.0 Å². The Kier molecular flexibility index (Phi) is 5.16. The summed E-state index contributed by atoms with van der Waals surface area (Å²) in [7, 11) is 1.57. The number of hydrogen-bond donors (Lipinski definition) is 1. The second-order valence-corrected chi connectivity index (χ2v) is 5.72. The van der Waals surface area contributed by atoms with Crippen molar-refractivity contribution in [1.29, 1.82) is 0 Å². The molecule has 2 aromatic carbocycles. The lowest BCUT2D eigenvalue weighted by Gasteiger charge is -2.13. The molecule has 0 spiro atoms. The quantitative estimate of drug-likeness (QED) is 0.452. The number of rotatable bonds is 4. The monoisotopic (exact) mass is 362 g/mol. The van der Waals surface area contributed by atoms with Crippen LogP contribution in [0.4, 0.5) is 0 Å². The Labute approximate surface area is 143 Å². The topological polar surface area (TPSA) is 47.9 Å². The molecule has 2 rings (SSSR count). The summed E-state index contributed by atoms with van der Waals surface area (Å²) in [4.78, 5) is 10.4. The van der Waals surface area contributed by atoms with Gasteiger partial charge in [0.25, 0.3) is 0 Å². The summed E-state index contributed by atoms with van der Waals surface area (Å²) in [6.07, 6.45) is 0. The van der Waals surface area contributed by atoms with Crippen molar-refractivity contribution in [3.8, 4) is 23.0 Å². The molecule has 0 saturated heterocycles. The molecule has 0 bridgehead atoms. The Morgan fingerprint density at radius 3 is 2.00 bits per heavy atom. The zero-order valence-electron chi connectivity index (χ0n) is 12.0. The maximum absolute atomic E-state index is 9.65. The van der Waals surface area contributed by atoms with Gasteiger partial charge in [0.05, 0.1) is 12.1 Å². The Bertz CT molecular complexity index is 717. The van der Waals surface area contributed by atoms with Crippen molar-refractivity contribution in [3.63, 3.8) is 0 Å². The molecule has 1 N–H and O–H groups in total. The van der Waals surface area contributed by atoms with E-state index in [-0.39, 0.29) is 26.6 Å². The summed E-state index contributed by atoms with van der Waals surface area (Å²) in [5.41, 5.74) is 1.82. The van der Waals surface area contributed by atoms with Crippen LogP contribution in [0.1, 0.15) is 11.1 Å². The van der Waals surface area contributed by atoms with Crippen molar-refractivity contribution in [2.45, 2.75) is 13.8 Å². The van der Waals surface area contributed by atoms with Gasteiger partial charge >= 0.3 is 0 Å². The van der Waals surface area contributed by atoms with Crippen LogP contribution in [0, 0.1) is 13.8 Å². The number of hydrogen-bond acceptors (Lipinski definition) is 4. The second-order valence-electron chi connectivity index (χ2n) is 4.59. The van der Waals surface area contributed by atoms with Crippen LogP contribution in [0.5, 0.6) is 23.0 Å². The van der Waals surface area contributed by atoms with E-state index in [4.69, 9.17) is 49.3 Å². The third-order valence-corrected chi connectivity index (χ3v) is 4.34. The van der Waals surface area contributed by atoms with Gasteiger partial charge in [-0.3, -0.25) is 9.78 Å². The number of aryl methyl sites for hydroxylation is 2. The molecule has 0 aliphatic rings. The van der Waals surface area contributed by atoms with Crippen molar-refractivity contribution in [1.82, 2.24) is 0 Å². The standard InChI is InChI=1S/C15H13Cl3O4/c1-7-4-8(2)11(6-10(7)20-3)21-22-12-5-9(19)13(16)15(18)14(12)17/h4-6,19H,1-3H3. The highest BCUT2D eigenvalue weighted by Gasteiger charge is 2.17. The maximum atomic E-state index is 9.65. The molecule has 22 heavy (non-hydrogen) atoms. The van der Waals surface area contributed by atoms with E-state index in [1.165, 1.54) is 6.07 Å². The number of methoxy groups -OCH3 is 1. The minimum atomic E-state index is -0.257. The summed E-state index contributed by atoms with van der Waals surface area (Å²) in [6.45, 7) is 3.78. The van der Waals surface area contributed by atoms with E-state index < -0.39 is 0 Å². The van der Waals surface area contributed by atoms with E-state index in [0.29, 0.717) is 11.5 Å². The first-order valence-electron chi connectivity index (χ1n) is 6.21. The Balaban J connectivity index is 2.28. The van der Waals surface area contributed by atoms with E-state index in [2.05, 4.69) is 0 Å². The Morgan fingerprint density at radius 1 is 0.773 bits per heavy atom. The van der Waals surface area contributed by atoms with Crippen molar-refractivity contribution >= 4 is 34.8 Å². The average Bonchev–Trinajstić information content (AvgIpc) is 2.49. The summed E-state index contributed by atoms with van der Waals surface area (Å²) in [6, 6.07) is 4.80. The van der Waals surface area contributed by atoms with Crippen molar-refractivity contribution in [2.24, 2.45) is 0 Å². The van der Waals surface area contributed by atoms with Gasteiger partial charge in [0, 0.05) is 12.1 Å². The fourth-order valence-corrected chi connectivity index (χ4v) is 2.41. The van der Waals surface area contributed by atoms with Gasteiger partial charge < -0.3 is 9.84 Å². The minimum Gasteiger partial charge on any atom is -0.506 e. The molecule has 0 saturated carbocycles. The first-order valence-corrected chi connectivity index (χ1v) is 7.34. The third kappa shape index (κ3) is 3.29. The maximum Gasteiger partial charge on any atom is 0.202 e. The molecule has 0 unspecified atom stereocenters. The number of halogens is 3. The molecule has 118 valence electrons. The molecule has 0 fully saturated rings. The molecule has 0 atom stereocenters. The highest BCUT2D eigenvalue weighted by atomic mass is 35.5. The van der Waals surface area contributed by atoms with E-state index in [1.807, 2.05) is 19.9 Å². The summed E-state index contributed by atoms with van der Waals surface area (Å²) in [5, 5.41) is 9.63. The van der Waals surface area contributed by atoms with Gasteiger partial charge in [0.1, 0.15) is 21.5 Å². The zero-order valence-corrected chi connectivity index (χ0v) is 14.3. The van der Waals surface area contributed by atoms with Crippen molar-refractivity contribution in [3.05, 3.63) is 44.4 Å². The lowest BCUT2D eigenvalue weighted by Crippen LogP contribution is -2.03. The van der Waals surface area contributed by atoms with Crippen LogP contribution < -0.4 is 14.5 Å². The van der Waals surface area contributed by atoms with Crippen molar-refractivity contribution in [2.75, 3.05) is 7.11 Å². The lowest BCUT2D eigenvalue weighted by atomic mass is 10.1. The SMILES string of the molecule is COc1cc(OOc2cc(O)c(Cl)c(Cl)c2Cl)c(C)cc1C. The second kappa shape index (κ2) is 6.73. The molecule has 0 heterocycles. The molecular formula is C15H13Cl3O4. The summed E-state index contributed by atoms with van der Waals surface area (Å²) >= 11 is 17.7. The smallest absolute Gasteiger partial charge is 0.202 e. The van der Waals surface area contributed by atoms with Crippen LogP contribution in [0.3, 0.4) is 0 Å². The highest BCUT2D eigenvalue weighted by molar-refractivity contribution is 6.49. The molecule has 0 radical (unpaired) electrons. The van der Waals surface area contributed by atoms with Crippen molar-refractivity contribution < 1.29 is 19.6 Å². The molecule has 0 amide bonds. The number of benzene rings is 2. The van der Waals surface area contributed by atoms with Crippen LogP contribution >= 0.6 is 34.8 Å². The van der Waals surface area contributed by atoms with Gasteiger partial charge in [-0.1, -0.05) is 34.8 Å². The van der Waals surface area contributed by atoms with Crippen LogP contribution in [0.15, 0.2) is 18.2 Å². The molecule has 7 heteroatoms. The van der Waals surface area contributed by atoms with E-state index >= 15 is 0 Å². The van der Waals surface area contributed by atoms with Crippen LogP contribution in [0.25, 0.3) is 0 Å². The molecule has 0 aliphatic heterocycles. The van der Waals surface area contributed by atoms with Gasteiger partial charge in [0.2, 0.25) is 5.75 Å². The summed E-state index contributed by atoms with van der Waals surface area (Å²) < 4.78 is 5.23. The fraction of sp³-hybridized carbons (Fsp3) is 0.200. The summed E-state index contributed by atoms with van der Waals surface area (Å²) in [5.74, 6) is 0.900. The third-order valence-electron chi connectivity index (χ3n) is 3.01. The van der Waals surface area contributed by atoms with Crippen LogP contribution in [-0.2, 0) is 0 Å². The van der Waals surface area contributed by atoms with Gasteiger partial charge in [-0.25, -0.2) is 0 Å². The van der Waals surface area contributed by atoms with E-state index in [0.717, 1.165) is 11.1 Å². The van der Waals surface area contributed by atoms with E-state index in [9.17, 15) is 5.11 Å². The number of aromatic hydroxyl groups is 1. The van der Waals surface area contributed by atoms with Gasteiger partial charge in [0.15, 0.2) is 5.75 Å². The fourth-order valence-electron chi connectivity index (χ4n) is 1.84. The molecule has 0 aliphatic carbocycles. The minimum absolute atomic E-state index is 0.0138. The number of ether oxygens (including phenoxy) is 1. The number of phenolic OH excluding ortho intramolecular Hbond substituents is 1. The zero-order chi connectivity index (χ0) is 16.4. The lowest BCUT2D eigenvalue weighted by molar-refractivity contribution is -0.101. The normalized spacial score (nSPS) is 10.5. The van der Waals surface area contributed by atoms with E-state index in [1.54, 1.807) is 13.2 Å². The predicted molar refractivity (Wildman–Crippen MR) is 86.9 cm³/mol. The number of phenols is 1. The Morgan fingerprint density at radius 2 is 1.36 bits per heavy atom. The van der Waals surface area contributed by atoms with Gasteiger partial charge in [-0.2, -0.15) is 0 Å². The first kappa shape index (κ1) is 16.9. The molecular weight excluding hydrogens is 351 g/mol. The van der Waals surface area contributed by atoms with Crippen LogP contribution in [0.2, 0.25) is 15.1 Å². The van der Waals surface area contributed by atoms with Crippen LogP contribution in [-0.4, -0.2) is 12.2 Å². The highest BCUT2D eigenvalue weighted by Crippen LogP contribution is 2.43.